The molecule has 3 rings (SSSR count). The molecule has 5 nitrogen and oxygen atoms in total. The highest BCUT2D eigenvalue weighted by Gasteiger charge is 2.31. The maximum atomic E-state index is 12.3. The zero-order chi connectivity index (χ0) is 13.9. The molecular weight excluding hydrogens is 274 g/mol. The summed E-state index contributed by atoms with van der Waals surface area (Å²) in [7, 11) is 0. The number of thiazole rings is 1. The molecule has 2 aliphatic heterocycles. The van der Waals surface area contributed by atoms with Gasteiger partial charge in [-0.05, 0) is 26.2 Å². The third kappa shape index (κ3) is 3.12. The smallest absolute Gasteiger partial charge is 0.225 e. The quantitative estimate of drug-likeness (QED) is 0.920. The molecule has 0 spiro atoms. The lowest BCUT2D eigenvalue weighted by molar-refractivity contribution is -0.125. The summed E-state index contributed by atoms with van der Waals surface area (Å²) < 4.78 is 5.32. The van der Waals surface area contributed by atoms with Crippen molar-refractivity contribution >= 4 is 22.4 Å². The molecule has 0 aliphatic carbocycles. The van der Waals surface area contributed by atoms with E-state index in [0.29, 0.717) is 6.04 Å². The standard InChI is InChI=1S/C14H21N3O2S/c1-10-8-15-14(20-10)17-5-2-11(9-17)13(18)16-12-3-6-19-7-4-12/h8,11-12H,2-7,9H2,1H3,(H,16,18). The second-order valence-corrected chi connectivity index (χ2v) is 6.79. The van der Waals surface area contributed by atoms with E-state index in [2.05, 4.69) is 22.1 Å². The molecule has 1 atom stereocenters. The van der Waals surface area contributed by atoms with Crippen LogP contribution in [0.25, 0.3) is 0 Å². The topological polar surface area (TPSA) is 54.5 Å². The van der Waals surface area contributed by atoms with E-state index in [1.807, 2.05) is 6.20 Å². The van der Waals surface area contributed by atoms with Crippen LogP contribution in [-0.4, -0.2) is 43.2 Å². The van der Waals surface area contributed by atoms with Gasteiger partial charge in [-0.15, -0.1) is 11.3 Å². The van der Waals surface area contributed by atoms with Gasteiger partial charge in [-0.2, -0.15) is 0 Å². The van der Waals surface area contributed by atoms with Crippen LogP contribution in [0.3, 0.4) is 0 Å². The van der Waals surface area contributed by atoms with Crippen molar-refractivity contribution in [3.05, 3.63) is 11.1 Å². The molecule has 0 saturated carbocycles. The van der Waals surface area contributed by atoms with Crippen LogP contribution in [-0.2, 0) is 9.53 Å². The van der Waals surface area contributed by atoms with Crippen molar-refractivity contribution in [3.63, 3.8) is 0 Å². The molecule has 1 aromatic rings. The molecule has 2 fully saturated rings. The molecule has 1 aromatic heterocycles. The number of anilines is 1. The van der Waals surface area contributed by atoms with Gasteiger partial charge in [0.2, 0.25) is 5.91 Å². The average molecular weight is 295 g/mol. The normalized spacial score (nSPS) is 24.1. The van der Waals surface area contributed by atoms with E-state index < -0.39 is 0 Å². The first kappa shape index (κ1) is 13.8. The van der Waals surface area contributed by atoms with Crippen LogP contribution >= 0.6 is 11.3 Å². The zero-order valence-electron chi connectivity index (χ0n) is 11.8. The summed E-state index contributed by atoms with van der Waals surface area (Å²) in [5.41, 5.74) is 0. The Bertz CT molecular complexity index is 471. The lowest BCUT2D eigenvalue weighted by atomic mass is 10.1. The lowest BCUT2D eigenvalue weighted by Gasteiger charge is -2.24. The number of nitrogens with one attached hydrogen (secondary N) is 1. The molecule has 1 unspecified atom stereocenters. The minimum absolute atomic E-state index is 0.0991. The Kier molecular flexibility index (Phi) is 4.21. The summed E-state index contributed by atoms with van der Waals surface area (Å²) in [5.74, 6) is 0.301. The van der Waals surface area contributed by atoms with Crippen LogP contribution in [0.2, 0.25) is 0 Å². The van der Waals surface area contributed by atoms with Gasteiger partial charge in [-0.25, -0.2) is 4.98 Å². The predicted molar refractivity (Wildman–Crippen MR) is 79.2 cm³/mol. The van der Waals surface area contributed by atoms with Gasteiger partial charge in [0, 0.05) is 43.4 Å². The summed E-state index contributed by atoms with van der Waals surface area (Å²) in [6.45, 7) is 5.31. The number of amides is 1. The van der Waals surface area contributed by atoms with Gasteiger partial charge in [-0.1, -0.05) is 0 Å². The van der Waals surface area contributed by atoms with E-state index in [1.54, 1.807) is 11.3 Å². The number of aryl methyl sites for hydroxylation is 1. The fourth-order valence-electron chi connectivity index (χ4n) is 2.80. The number of hydrogen-bond donors (Lipinski definition) is 1. The first-order chi connectivity index (χ1) is 9.72. The van der Waals surface area contributed by atoms with Crippen molar-refractivity contribution in [2.24, 2.45) is 5.92 Å². The van der Waals surface area contributed by atoms with Crippen molar-refractivity contribution < 1.29 is 9.53 Å². The Balaban J connectivity index is 1.52. The fraction of sp³-hybridized carbons (Fsp3) is 0.714. The Hall–Kier alpha value is -1.14. The minimum atomic E-state index is 0.0991. The van der Waals surface area contributed by atoms with Crippen molar-refractivity contribution in [1.82, 2.24) is 10.3 Å². The Morgan fingerprint density at radius 1 is 1.45 bits per heavy atom. The molecule has 6 heteroatoms. The molecule has 2 saturated heterocycles. The molecule has 1 N–H and O–H groups in total. The van der Waals surface area contributed by atoms with Gasteiger partial charge in [0.1, 0.15) is 0 Å². The van der Waals surface area contributed by atoms with Crippen molar-refractivity contribution in [2.75, 3.05) is 31.2 Å². The van der Waals surface area contributed by atoms with Crippen LogP contribution < -0.4 is 10.2 Å². The molecular formula is C14H21N3O2S. The lowest BCUT2D eigenvalue weighted by Crippen LogP contribution is -2.42. The molecule has 2 aliphatic rings. The summed E-state index contributed by atoms with van der Waals surface area (Å²) in [5, 5.41) is 4.22. The number of ether oxygens (including phenoxy) is 1. The molecule has 3 heterocycles. The van der Waals surface area contributed by atoms with Crippen LogP contribution in [0.4, 0.5) is 5.13 Å². The maximum Gasteiger partial charge on any atom is 0.225 e. The van der Waals surface area contributed by atoms with E-state index in [4.69, 9.17) is 4.74 Å². The highest BCUT2D eigenvalue weighted by atomic mass is 32.1. The molecule has 0 aromatic carbocycles. The molecule has 0 radical (unpaired) electrons. The summed E-state index contributed by atoms with van der Waals surface area (Å²) in [4.78, 5) is 20.1. The van der Waals surface area contributed by atoms with Gasteiger partial charge in [-0.3, -0.25) is 4.79 Å². The summed E-state index contributed by atoms with van der Waals surface area (Å²) >= 11 is 1.70. The number of rotatable bonds is 3. The number of nitrogens with zero attached hydrogens (tertiary/aromatic N) is 2. The largest absolute Gasteiger partial charge is 0.381 e. The summed E-state index contributed by atoms with van der Waals surface area (Å²) in [6.07, 6.45) is 4.70. The molecule has 1 amide bonds. The average Bonchev–Trinajstić information content (AvgIpc) is 3.08. The Morgan fingerprint density at radius 3 is 2.95 bits per heavy atom. The first-order valence-electron chi connectivity index (χ1n) is 7.28. The van der Waals surface area contributed by atoms with Gasteiger partial charge in [0.05, 0.1) is 5.92 Å². The van der Waals surface area contributed by atoms with E-state index in [-0.39, 0.29) is 11.8 Å². The molecule has 20 heavy (non-hydrogen) atoms. The van der Waals surface area contributed by atoms with E-state index in [0.717, 1.165) is 50.7 Å². The predicted octanol–water partition coefficient (Wildman–Crippen LogP) is 1.57. The van der Waals surface area contributed by atoms with Crippen LogP contribution in [0.1, 0.15) is 24.1 Å². The number of hydrogen-bond acceptors (Lipinski definition) is 5. The molecule has 0 bridgehead atoms. The van der Waals surface area contributed by atoms with Gasteiger partial charge in [0.15, 0.2) is 5.13 Å². The van der Waals surface area contributed by atoms with E-state index in [9.17, 15) is 4.79 Å². The van der Waals surface area contributed by atoms with Gasteiger partial charge >= 0.3 is 0 Å². The van der Waals surface area contributed by atoms with Crippen LogP contribution in [0.5, 0.6) is 0 Å². The third-order valence-electron chi connectivity index (χ3n) is 4.01. The van der Waals surface area contributed by atoms with Gasteiger partial charge < -0.3 is 15.0 Å². The zero-order valence-corrected chi connectivity index (χ0v) is 12.6. The molecule has 110 valence electrons. The van der Waals surface area contributed by atoms with Gasteiger partial charge in [0.25, 0.3) is 0 Å². The first-order valence-corrected chi connectivity index (χ1v) is 8.09. The summed E-state index contributed by atoms with van der Waals surface area (Å²) in [6, 6.07) is 0.299. The Morgan fingerprint density at radius 2 is 2.25 bits per heavy atom. The number of carbonyl (C=O) groups is 1. The third-order valence-corrected chi connectivity index (χ3v) is 4.98. The van der Waals surface area contributed by atoms with Crippen LogP contribution in [0, 0.1) is 12.8 Å². The number of carbonyl (C=O) groups excluding carboxylic acids is 1. The van der Waals surface area contributed by atoms with Crippen LogP contribution in [0.15, 0.2) is 6.20 Å². The van der Waals surface area contributed by atoms with E-state index >= 15 is 0 Å². The van der Waals surface area contributed by atoms with Crippen molar-refractivity contribution in [1.29, 1.82) is 0 Å². The minimum Gasteiger partial charge on any atom is -0.381 e. The van der Waals surface area contributed by atoms with Crippen molar-refractivity contribution in [2.45, 2.75) is 32.2 Å². The Labute approximate surface area is 123 Å². The second kappa shape index (κ2) is 6.10. The monoisotopic (exact) mass is 295 g/mol. The maximum absolute atomic E-state index is 12.3. The highest BCUT2D eigenvalue weighted by molar-refractivity contribution is 7.15. The second-order valence-electron chi connectivity index (χ2n) is 5.58. The number of aromatic nitrogens is 1. The van der Waals surface area contributed by atoms with Crippen molar-refractivity contribution in [3.8, 4) is 0 Å². The fourth-order valence-corrected chi connectivity index (χ4v) is 3.59. The SMILES string of the molecule is Cc1cnc(N2CCC(C(=O)NC3CCOCC3)C2)s1. The highest BCUT2D eigenvalue weighted by Crippen LogP contribution is 2.27. The van der Waals surface area contributed by atoms with E-state index in [1.165, 1.54) is 4.88 Å².